The fourth-order valence-corrected chi connectivity index (χ4v) is 6.16. The van der Waals surface area contributed by atoms with Gasteiger partial charge in [-0.1, -0.05) is 107 Å². The SMILES string of the molecule is CC(O)c1ccc([N+](=O)[O-])cc1.CCCC[N+](CCCC)(CCCC)CCCC.CCCC[N+](CCCC)(CCCC)CCCC.O=S(=O)([O-])[O-]. The summed E-state index contributed by atoms with van der Waals surface area (Å²) in [6.07, 6.45) is 21.5. The Morgan fingerprint density at radius 2 is 0.745 bits per heavy atom. The number of nitro benzene ring substituents is 1. The van der Waals surface area contributed by atoms with E-state index in [1.165, 1.54) is 176 Å². The van der Waals surface area contributed by atoms with E-state index in [0.29, 0.717) is 5.56 Å². The maximum atomic E-state index is 10.2. The van der Waals surface area contributed by atoms with Gasteiger partial charge in [0.2, 0.25) is 0 Å². The predicted octanol–water partition coefficient (Wildman–Crippen LogP) is 10.3. The summed E-state index contributed by atoms with van der Waals surface area (Å²) in [5.41, 5.74) is 0.722. The van der Waals surface area contributed by atoms with Gasteiger partial charge in [0.15, 0.2) is 0 Å². The fraction of sp³-hybridized carbons (Fsp3) is 0.850. The van der Waals surface area contributed by atoms with Gasteiger partial charge >= 0.3 is 0 Å². The van der Waals surface area contributed by atoms with Crippen molar-refractivity contribution in [2.75, 3.05) is 52.4 Å². The molecule has 1 aromatic carbocycles. The first kappa shape index (κ1) is 53.7. The minimum absolute atomic E-state index is 0.0411. The lowest BCUT2D eigenvalue weighted by Gasteiger charge is -2.39. The Bertz CT molecular complexity index is 902. The van der Waals surface area contributed by atoms with Crippen LogP contribution in [0.1, 0.15) is 177 Å². The zero-order valence-electron chi connectivity index (χ0n) is 34.5. The summed E-state index contributed by atoms with van der Waals surface area (Å²) in [5, 5.41) is 19.3. The van der Waals surface area contributed by atoms with Crippen LogP contribution in [0.3, 0.4) is 0 Å². The molecule has 1 rings (SSSR count). The maximum absolute atomic E-state index is 10.2. The molecule has 0 heterocycles. The van der Waals surface area contributed by atoms with Crippen molar-refractivity contribution < 1.29 is 36.5 Å². The Morgan fingerprint density at radius 1 is 0.549 bits per heavy atom. The van der Waals surface area contributed by atoms with Crippen molar-refractivity contribution in [3.8, 4) is 0 Å². The molecule has 1 N–H and O–H groups in total. The number of nitro groups is 1. The molecule has 0 saturated carbocycles. The molecule has 10 nitrogen and oxygen atoms in total. The Kier molecular flexibility index (Phi) is 36.0. The molecular formula is C40H81N3O7S. The Hall–Kier alpha value is -1.63. The highest BCUT2D eigenvalue weighted by atomic mass is 32.3. The highest BCUT2D eigenvalue weighted by Crippen LogP contribution is 2.18. The highest BCUT2D eigenvalue weighted by molar-refractivity contribution is 7.79. The van der Waals surface area contributed by atoms with E-state index in [-0.39, 0.29) is 5.69 Å². The first-order valence-electron chi connectivity index (χ1n) is 20.4. The van der Waals surface area contributed by atoms with E-state index >= 15 is 0 Å². The van der Waals surface area contributed by atoms with E-state index in [0.717, 1.165) is 0 Å². The number of quaternary nitrogens is 2. The number of hydrogen-bond acceptors (Lipinski definition) is 7. The normalized spacial score (nSPS) is 12.1. The van der Waals surface area contributed by atoms with Crippen molar-refractivity contribution >= 4 is 16.1 Å². The van der Waals surface area contributed by atoms with Crippen molar-refractivity contribution in [3.05, 3.63) is 39.9 Å². The van der Waals surface area contributed by atoms with E-state index in [9.17, 15) is 10.1 Å². The number of nitrogens with zero attached hydrogens (tertiary/aromatic N) is 3. The van der Waals surface area contributed by atoms with Gasteiger partial charge in [0.25, 0.3) is 5.69 Å². The van der Waals surface area contributed by atoms with Crippen LogP contribution in [0.5, 0.6) is 0 Å². The molecule has 0 fully saturated rings. The number of aliphatic hydroxyl groups excluding tert-OH is 1. The minimum atomic E-state index is -5.17. The zero-order valence-corrected chi connectivity index (χ0v) is 35.3. The van der Waals surface area contributed by atoms with Crippen molar-refractivity contribution in [1.82, 2.24) is 0 Å². The summed E-state index contributed by atoms with van der Waals surface area (Å²) in [6.45, 7) is 31.6. The molecule has 0 radical (unpaired) electrons. The monoisotopic (exact) mass is 748 g/mol. The Balaban J connectivity index is -0.000000641. The van der Waals surface area contributed by atoms with Crippen molar-refractivity contribution in [1.29, 1.82) is 0 Å². The van der Waals surface area contributed by atoms with Crippen molar-refractivity contribution in [2.45, 2.75) is 171 Å². The van der Waals surface area contributed by atoms with Crippen LogP contribution in [0, 0.1) is 10.1 Å². The Morgan fingerprint density at radius 3 is 0.882 bits per heavy atom. The summed E-state index contributed by atoms with van der Waals surface area (Å²) in [7, 11) is -5.17. The first-order valence-corrected chi connectivity index (χ1v) is 21.7. The Labute approximate surface area is 315 Å². The van der Waals surface area contributed by atoms with E-state index < -0.39 is 21.4 Å². The second kappa shape index (κ2) is 34.2. The number of rotatable bonds is 26. The van der Waals surface area contributed by atoms with E-state index in [1.807, 2.05) is 0 Å². The van der Waals surface area contributed by atoms with Crippen LogP contribution < -0.4 is 0 Å². The molecule has 0 aliphatic heterocycles. The van der Waals surface area contributed by atoms with Crippen LogP contribution in [0.2, 0.25) is 0 Å². The lowest BCUT2D eigenvalue weighted by Crippen LogP contribution is -2.50. The lowest BCUT2D eigenvalue weighted by molar-refractivity contribution is -0.929. The molecule has 1 atom stereocenters. The average Bonchev–Trinajstić information content (AvgIpc) is 3.10. The molecule has 0 bridgehead atoms. The average molecular weight is 748 g/mol. The quantitative estimate of drug-likeness (QED) is 0.0326. The summed E-state index contributed by atoms with van der Waals surface area (Å²) < 4.78 is 36.9. The van der Waals surface area contributed by atoms with Gasteiger partial charge in [0.1, 0.15) is 0 Å². The molecule has 1 unspecified atom stereocenters. The van der Waals surface area contributed by atoms with Gasteiger partial charge in [-0.15, -0.1) is 0 Å². The predicted molar refractivity (Wildman–Crippen MR) is 213 cm³/mol. The van der Waals surface area contributed by atoms with Crippen molar-refractivity contribution in [2.24, 2.45) is 0 Å². The molecule has 0 aromatic heterocycles. The summed E-state index contributed by atoms with van der Waals surface area (Å²) in [6, 6.07) is 5.84. The third-order valence-electron chi connectivity index (χ3n) is 9.47. The van der Waals surface area contributed by atoms with Crippen LogP contribution in [0.4, 0.5) is 5.69 Å². The second-order valence-electron chi connectivity index (χ2n) is 14.2. The minimum Gasteiger partial charge on any atom is -0.759 e. The number of benzene rings is 1. The summed E-state index contributed by atoms with van der Waals surface area (Å²) >= 11 is 0. The van der Waals surface area contributed by atoms with E-state index in [4.69, 9.17) is 22.6 Å². The molecule has 51 heavy (non-hydrogen) atoms. The van der Waals surface area contributed by atoms with Crippen molar-refractivity contribution in [3.63, 3.8) is 0 Å². The lowest BCUT2D eigenvalue weighted by atomic mass is 10.1. The number of hydrogen-bond donors (Lipinski definition) is 1. The van der Waals surface area contributed by atoms with Gasteiger partial charge < -0.3 is 23.2 Å². The summed E-state index contributed by atoms with van der Waals surface area (Å²) in [4.78, 5) is 9.76. The first-order chi connectivity index (χ1) is 24.1. The third-order valence-corrected chi connectivity index (χ3v) is 9.47. The number of unbranched alkanes of at least 4 members (excludes halogenated alkanes) is 8. The van der Waals surface area contributed by atoms with E-state index in [2.05, 4.69) is 55.4 Å². The van der Waals surface area contributed by atoms with Gasteiger partial charge in [-0.2, -0.15) is 0 Å². The van der Waals surface area contributed by atoms with Crippen LogP contribution in [0.25, 0.3) is 0 Å². The van der Waals surface area contributed by atoms with Gasteiger partial charge in [0.05, 0.1) is 63.4 Å². The van der Waals surface area contributed by atoms with Crippen LogP contribution in [-0.4, -0.2) is 88.9 Å². The fourth-order valence-electron chi connectivity index (χ4n) is 6.16. The van der Waals surface area contributed by atoms with Gasteiger partial charge in [-0.05, 0) is 76.0 Å². The molecule has 0 saturated heterocycles. The van der Waals surface area contributed by atoms with Gasteiger partial charge in [0, 0.05) is 22.5 Å². The molecule has 0 amide bonds. The molecule has 1 aromatic rings. The highest BCUT2D eigenvalue weighted by Gasteiger charge is 2.25. The zero-order chi connectivity index (χ0) is 39.6. The molecule has 11 heteroatoms. The molecule has 0 spiro atoms. The van der Waals surface area contributed by atoms with Crippen LogP contribution in [-0.2, 0) is 10.4 Å². The van der Waals surface area contributed by atoms with Crippen LogP contribution >= 0.6 is 0 Å². The van der Waals surface area contributed by atoms with Gasteiger partial charge in [-0.3, -0.25) is 18.5 Å². The maximum Gasteiger partial charge on any atom is 0.269 e. The smallest absolute Gasteiger partial charge is 0.269 e. The topological polar surface area (TPSA) is 144 Å². The standard InChI is InChI=1S/2C16H36N.C8H9NO3.H2O4S/c2*1-5-9-13-17(14-10-6-2,15-11-7-3)16-12-8-4;1-6(10)7-2-4-8(5-3-7)9(11)12;1-5(2,3)4/h2*5-16H2,1-4H3;2-6,10H,1H3;(H2,1,2,3,4)/q2*+1;;/p-2. The number of non-ortho nitro benzene ring substituents is 1. The van der Waals surface area contributed by atoms with E-state index in [1.54, 1.807) is 19.1 Å². The summed E-state index contributed by atoms with van der Waals surface area (Å²) in [5.74, 6) is 0. The molecule has 0 aliphatic rings. The number of aliphatic hydroxyl groups is 1. The molecule has 0 aliphatic carbocycles. The van der Waals surface area contributed by atoms with Gasteiger partial charge in [-0.25, -0.2) is 0 Å². The molecule has 304 valence electrons. The largest absolute Gasteiger partial charge is 0.759 e. The second-order valence-corrected chi connectivity index (χ2v) is 15.0. The third kappa shape index (κ3) is 32.7. The van der Waals surface area contributed by atoms with Crippen LogP contribution in [0.15, 0.2) is 24.3 Å². The molecular weight excluding hydrogens is 667 g/mol.